The number of thiophene rings is 1. The molecule has 1 rings (SSSR count). The summed E-state index contributed by atoms with van der Waals surface area (Å²) in [6.07, 6.45) is 10.1. The fourth-order valence-corrected chi connectivity index (χ4v) is 3.37. The van der Waals surface area contributed by atoms with Gasteiger partial charge in [0.1, 0.15) is 11.1 Å². The van der Waals surface area contributed by atoms with Crippen molar-refractivity contribution in [1.82, 2.24) is 0 Å². The van der Waals surface area contributed by atoms with Gasteiger partial charge in [0.05, 0.1) is 5.57 Å². The second-order valence-electron chi connectivity index (χ2n) is 4.76. The topological polar surface area (TPSA) is 36.1 Å². The van der Waals surface area contributed by atoms with Crippen LogP contribution in [0.25, 0.3) is 5.57 Å². The molecule has 0 saturated heterocycles. The molecule has 0 bridgehead atoms. The van der Waals surface area contributed by atoms with Crippen LogP contribution >= 0.6 is 23.1 Å². The molecule has 0 aliphatic carbocycles. The van der Waals surface area contributed by atoms with Crippen molar-refractivity contribution in [3.05, 3.63) is 77.2 Å². The van der Waals surface area contributed by atoms with Gasteiger partial charge in [0.2, 0.25) is 0 Å². The van der Waals surface area contributed by atoms with E-state index in [9.17, 15) is 5.26 Å². The Bertz CT molecular complexity index is 711. The zero-order chi connectivity index (χ0) is 17.8. The van der Waals surface area contributed by atoms with E-state index in [1.54, 1.807) is 29.2 Å². The zero-order valence-electron chi connectivity index (χ0n) is 14.2. The first kappa shape index (κ1) is 20.0. The van der Waals surface area contributed by atoms with Gasteiger partial charge in [0.15, 0.2) is 0 Å². The summed E-state index contributed by atoms with van der Waals surface area (Å²) in [5.41, 5.74) is 2.33. The summed E-state index contributed by atoms with van der Waals surface area (Å²) < 4.78 is 0. The van der Waals surface area contributed by atoms with Crippen LogP contribution in [0.15, 0.2) is 77.3 Å². The third-order valence-electron chi connectivity index (χ3n) is 2.98. The Labute approximate surface area is 153 Å². The molecule has 4 heteroatoms. The van der Waals surface area contributed by atoms with Crippen molar-refractivity contribution in [1.29, 1.82) is 5.26 Å². The molecule has 0 saturated carbocycles. The second kappa shape index (κ2) is 11.4. The maximum absolute atomic E-state index is 9.62. The van der Waals surface area contributed by atoms with Gasteiger partial charge in [-0.1, -0.05) is 56.5 Å². The highest BCUT2D eigenvalue weighted by Gasteiger charge is 2.13. The Morgan fingerprint density at radius 3 is 2.79 bits per heavy atom. The van der Waals surface area contributed by atoms with Crippen molar-refractivity contribution in [2.45, 2.75) is 20.3 Å². The highest BCUT2D eigenvalue weighted by Crippen LogP contribution is 2.27. The minimum atomic E-state index is 0.626. The van der Waals surface area contributed by atoms with Gasteiger partial charge >= 0.3 is 0 Å². The van der Waals surface area contributed by atoms with Gasteiger partial charge in [-0.05, 0) is 29.7 Å². The van der Waals surface area contributed by atoms with E-state index < -0.39 is 0 Å². The van der Waals surface area contributed by atoms with E-state index in [0.717, 1.165) is 26.9 Å². The minimum Gasteiger partial charge on any atom is -0.245 e. The largest absolute Gasteiger partial charge is 0.245 e. The highest BCUT2D eigenvalue weighted by atomic mass is 32.2. The average Bonchev–Trinajstić information content (AvgIpc) is 3.10. The van der Waals surface area contributed by atoms with Gasteiger partial charge in [0.25, 0.3) is 0 Å². The quantitative estimate of drug-likeness (QED) is 0.234. The summed E-state index contributed by atoms with van der Waals surface area (Å²) in [6, 6.07) is 6.33. The lowest BCUT2D eigenvalue weighted by atomic mass is 10.1. The van der Waals surface area contributed by atoms with Crippen LogP contribution in [-0.2, 0) is 0 Å². The van der Waals surface area contributed by atoms with Crippen LogP contribution in [0, 0.1) is 11.3 Å². The van der Waals surface area contributed by atoms with E-state index >= 15 is 0 Å². The van der Waals surface area contributed by atoms with E-state index in [-0.39, 0.29) is 0 Å². The van der Waals surface area contributed by atoms with Crippen LogP contribution in [0.5, 0.6) is 0 Å². The Balaban J connectivity index is 3.03. The van der Waals surface area contributed by atoms with Gasteiger partial charge in [-0.2, -0.15) is 5.26 Å². The van der Waals surface area contributed by atoms with Gasteiger partial charge < -0.3 is 0 Å². The summed E-state index contributed by atoms with van der Waals surface area (Å²) in [5.74, 6) is 0.854. The fraction of sp³-hybridized carbons (Fsp3) is 0.200. The number of nitrogens with zero attached hydrogens (tertiary/aromatic N) is 2. The molecule has 0 unspecified atom stereocenters. The summed E-state index contributed by atoms with van der Waals surface area (Å²) in [7, 11) is 0. The first-order valence-electron chi connectivity index (χ1n) is 7.62. The van der Waals surface area contributed by atoms with E-state index in [0.29, 0.717) is 12.0 Å². The number of hydrogen-bond donors (Lipinski definition) is 0. The maximum atomic E-state index is 9.62. The lowest BCUT2D eigenvalue weighted by molar-refractivity contribution is 1.18. The molecule has 0 aliphatic rings. The first-order valence-corrected chi connectivity index (χ1v) is 9.49. The molecule has 2 nitrogen and oxygen atoms in total. The van der Waals surface area contributed by atoms with E-state index in [4.69, 9.17) is 0 Å². The fourth-order valence-electron chi connectivity index (χ4n) is 1.82. The lowest BCUT2D eigenvalue weighted by Gasteiger charge is -2.08. The highest BCUT2D eigenvalue weighted by molar-refractivity contribution is 8.14. The van der Waals surface area contributed by atoms with Crippen LogP contribution < -0.4 is 0 Å². The molecule has 0 radical (unpaired) electrons. The van der Waals surface area contributed by atoms with Crippen molar-refractivity contribution < 1.29 is 0 Å². The Morgan fingerprint density at radius 1 is 1.42 bits per heavy atom. The summed E-state index contributed by atoms with van der Waals surface area (Å²) in [4.78, 5) is 5.69. The lowest BCUT2D eigenvalue weighted by Crippen LogP contribution is -2.00. The molecule has 1 heterocycles. The number of hydrogen-bond acceptors (Lipinski definition) is 4. The molecule has 1 aromatic heterocycles. The molecule has 24 heavy (non-hydrogen) atoms. The number of nitriles is 1. The third kappa shape index (κ3) is 6.57. The molecule has 0 fully saturated rings. The van der Waals surface area contributed by atoms with Crippen LogP contribution in [-0.4, -0.2) is 10.8 Å². The molecule has 1 aromatic rings. The van der Waals surface area contributed by atoms with Crippen molar-refractivity contribution in [2.75, 3.05) is 5.75 Å². The van der Waals surface area contributed by atoms with Crippen molar-refractivity contribution >= 4 is 33.7 Å². The zero-order valence-corrected chi connectivity index (χ0v) is 15.8. The van der Waals surface area contributed by atoms with Crippen molar-refractivity contribution in [3.8, 4) is 6.07 Å². The van der Waals surface area contributed by atoms with Gasteiger partial charge in [-0.3, -0.25) is 0 Å². The second-order valence-corrected chi connectivity index (χ2v) is 6.96. The molecule has 0 aromatic carbocycles. The number of thioether (sulfide) groups is 1. The monoisotopic (exact) mass is 354 g/mol. The molecular formula is C20H22N2S2. The van der Waals surface area contributed by atoms with Crippen molar-refractivity contribution in [2.24, 2.45) is 4.99 Å². The summed E-state index contributed by atoms with van der Waals surface area (Å²) >= 11 is 3.20. The third-order valence-corrected chi connectivity index (χ3v) is 4.83. The SMILES string of the molecule is C=C/C=C\C=C/CC(=C)N=C(SCC)/C(C#N)=C(\C)c1cccs1. The first-order chi connectivity index (χ1) is 11.6. The van der Waals surface area contributed by atoms with E-state index in [1.807, 2.05) is 48.7 Å². The normalized spacial score (nSPS) is 13.1. The van der Waals surface area contributed by atoms with Crippen LogP contribution in [0.3, 0.4) is 0 Å². The summed E-state index contributed by atoms with van der Waals surface area (Å²) in [6.45, 7) is 11.7. The van der Waals surface area contributed by atoms with Crippen molar-refractivity contribution in [3.63, 3.8) is 0 Å². The average molecular weight is 355 g/mol. The molecule has 0 amide bonds. The molecule has 0 aliphatic heterocycles. The maximum Gasteiger partial charge on any atom is 0.114 e. The number of allylic oxidation sites excluding steroid dienone is 6. The van der Waals surface area contributed by atoms with Crippen LogP contribution in [0.1, 0.15) is 25.1 Å². The predicted molar refractivity (Wildman–Crippen MR) is 110 cm³/mol. The smallest absolute Gasteiger partial charge is 0.114 e. The Hall–Kier alpha value is -2.09. The number of aliphatic imine (C=N–C) groups is 1. The Kier molecular flexibility index (Phi) is 9.52. The molecule has 0 atom stereocenters. The number of rotatable bonds is 8. The van der Waals surface area contributed by atoms with Gasteiger partial charge in [-0.25, -0.2) is 4.99 Å². The predicted octanol–water partition coefficient (Wildman–Crippen LogP) is 6.40. The Morgan fingerprint density at radius 2 is 2.21 bits per heavy atom. The van der Waals surface area contributed by atoms with Gasteiger partial charge in [-0.15, -0.1) is 23.1 Å². The van der Waals surface area contributed by atoms with Crippen LogP contribution in [0.4, 0.5) is 0 Å². The minimum absolute atomic E-state index is 0.626. The molecule has 0 spiro atoms. The van der Waals surface area contributed by atoms with Gasteiger partial charge in [0, 0.05) is 17.0 Å². The summed E-state index contributed by atoms with van der Waals surface area (Å²) in [5, 5.41) is 12.4. The molecular weight excluding hydrogens is 332 g/mol. The standard InChI is InChI=1S/C20H22N2S2/c1-5-7-8-9-10-12-16(3)22-20(23-6-2)18(15-21)17(4)19-13-11-14-24-19/h5,7-11,13-14H,1,3,6,12H2,2,4H3/b8-7-,10-9-,18-17+,22-20?. The van der Waals surface area contributed by atoms with Crippen LogP contribution in [0.2, 0.25) is 0 Å². The van der Waals surface area contributed by atoms with E-state index in [1.165, 1.54) is 0 Å². The van der Waals surface area contributed by atoms with E-state index in [2.05, 4.69) is 31.1 Å². The molecule has 124 valence electrons. The molecule has 0 N–H and O–H groups in total.